The molecular formula is C16H21F2NO2. The summed E-state index contributed by atoms with van der Waals surface area (Å²) >= 11 is 0. The van der Waals surface area contributed by atoms with Crippen molar-refractivity contribution in [2.45, 2.75) is 44.6 Å². The molecule has 1 fully saturated rings. The van der Waals surface area contributed by atoms with Crippen LogP contribution in [0.4, 0.5) is 8.78 Å². The highest BCUT2D eigenvalue weighted by atomic mass is 19.2. The second kappa shape index (κ2) is 7.50. The Morgan fingerprint density at radius 1 is 1.43 bits per heavy atom. The lowest BCUT2D eigenvalue weighted by Crippen LogP contribution is -2.28. The first-order valence-electron chi connectivity index (χ1n) is 7.39. The topological polar surface area (TPSA) is 38.3 Å². The van der Waals surface area contributed by atoms with Gasteiger partial charge in [-0.25, -0.2) is 8.78 Å². The summed E-state index contributed by atoms with van der Waals surface area (Å²) < 4.78 is 31.5. The molecule has 1 saturated heterocycles. The van der Waals surface area contributed by atoms with Gasteiger partial charge in [0.05, 0.1) is 6.10 Å². The molecule has 1 aliphatic heterocycles. The molecule has 0 bridgehead atoms. The summed E-state index contributed by atoms with van der Waals surface area (Å²) in [6.45, 7) is 3.07. The smallest absolute Gasteiger partial charge is 0.220 e. The minimum atomic E-state index is -0.857. The Balaban J connectivity index is 1.73. The van der Waals surface area contributed by atoms with E-state index in [-0.39, 0.29) is 17.9 Å². The standard InChI is InChI=1S/C16H21F2NO2/c1-11(12-4-6-14(17)15(18)9-12)10-19-16(20)7-5-13-3-2-8-21-13/h4,6,9,11,13H,2-3,5,7-8,10H2,1H3,(H,19,20)/t11-,13-/m1/s1. The van der Waals surface area contributed by atoms with Gasteiger partial charge in [-0.05, 0) is 42.9 Å². The van der Waals surface area contributed by atoms with Crippen LogP contribution in [0.15, 0.2) is 18.2 Å². The molecular weight excluding hydrogens is 276 g/mol. The van der Waals surface area contributed by atoms with Crippen molar-refractivity contribution < 1.29 is 18.3 Å². The van der Waals surface area contributed by atoms with E-state index >= 15 is 0 Å². The molecule has 1 heterocycles. The number of amides is 1. The number of benzene rings is 1. The molecule has 0 spiro atoms. The van der Waals surface area contributed by atoms with Crippen molar-refractivity contribution in [3.63, 3.8) is 0 Å². The maximum atomic E-state index is 13.2. The molecule has 116 valence electrons. The van der Waals surface area contributed by atoms with Crippen LogP contribution in [-0.2, 0) is 9.53 Å². The van der Waals surface area contributed by atoms with E-state index in [2.05, 4.69) is 5.32 Å². The van der Waals surface area contributed by atoms with Crippen LogP contribution in [0.25, 0.3) is 0 Å². The fourth-order valence-electron chi connectivity index (χ4n) is 2.46. The average molecular weight is 297 g/mol. The molecule has 1 amide bonds. The first kappa shape index (κ1) is 15.9. The normalized spacial score (nSPS) is 19.5. The number of ether oxygens (including phenoxy) is 1. The fourth-order valence-corrected chi connectivity index (χ4v) is 2.46. The van der Waals surface area contributed by atoms with Gasteiger partial charge in [-0.15, -0.1) is 0 Å². The van der Waals surface area contributed by atoms with Crippen LogP contribution >= 0.6 is 0 Å². The lowest BCUT2D eigenvalue weighted by molar-refractivity contribution is -0.121. The predicted octanol–water partition coefficient (Wildman–Crippen LogP) is 3.14. The average Bonchev–Trinajstić information content (AvgIpc) is 2.98. The first-order chi connectivity index (χ1) is 10.1. The molecule has 0 aromatic heterocycles. The summed E-state index contributed by atoms with van der Waals surface area (Å²) in [6, 6.07) is 3.83. The van der Waals surface area contributed by atoms with Gasteiger partial charge in [-0.1, -0.05) is 13.0 Å². The van der Waals surface area contributed by atoms with Gasteiger partial charge in [0.15, 0.2) is 11.6 Å². The zero-order chi connectivity index (χ0) is 15.2. The quantitative estimate of drug-likeness (QED) is 0.876. The van der Waals surface area contributed by atoms with E-state index in [1.807, 2.05) is 6.92 Å². The van der Waals surface area contributed by atoms with Crippen LogP contribution in [0.3, 0.4) is 0 Å². The molecule has 3 nitrogen and oxygen atoms in total. The van der Waals surface area contributed by atoms with Gasteiger partial charge in [0.1, 0.15) is 0 Å². The van der Waals surface area contributed by atoms with Gasteiger partial charge < -0.3 is 10.1 Å². The summed E-state index contributed by atoms with van der Waals surface area (Å²) in [5.74, 6) is -1.80. The van der Waals surface area contributed by atoms with Crippen molar-refractivity contribution in [3.05, 3.63) is 35.4 Å². The molecule has 21 heavy (non-hydrogen) atoms. The van der Waals surface area contributed by atoms with Gasteiger partial charge in [0, 0.05) is 19.6 Å². The largest absolute Gasteiger partial charge is 0.378 e. The minimum Gasteiger partial charge on any atom is -0.378 e. The van der Waals surface area contributed by atoms with Crippen molar-refractivity contribution in [2.75, 3.05) is 13.2 Å². The van der Waals surface area contributed by atoms with Crippen molar-refractivity contribution in [1.82, 2.24) is 5.32 Å². The van der Waals surface area contributed by atoms with E-state index in [4.69, 9.17) is 4.74 Å². The van der Waals surface area contributed by atoms with Crippen LogP contribution in [-0.4, -0.2) is 25.2 Å². The van der Waals surface area contributed by atoms with E-state index in [0.29, 0.717) is 18.5 Å². The molecule has 1 aliphatic rings. The molecule has 0 aliphatic carbocycles. The van der Waals surface area contributed by atoms with Crippen LogP contribution in [0, 0.1) is 11.6 Å². The minimum absolute atomic E-state index is 0.0278. The van der Waals surface area contributed by atoms with Gasteiger partial charge in [0.2, 0.25) is 5.91 Å². The molecule has 1 N–H and O–H groups in total. The van der Waals surface area contributed by atoms with Crippen molar-refractivity contribution >= 4 is 5.91 Å². The highest BCUT2D eigenvalue weighted by molar-refractivity contribution is 5.75. The van der Waals surface area contributed by atoms with Crippen LogP contribution < -0.4 is 5.32 Å². The molecule has 2 atom stereocenters. The summed E-state index contributed by atoms with van der Waals surface area (Å²) in [5, 5.41) is 2.83. The van der Waals surface area contributed by atoms with Crippen molar-refractivity contribution in [2.24, 2.45) is 0 Å². The van der Waals surface area contributed by atoms with Gasteiger partial charge in [0.25, 0.3) is 0 Å². The Kier molecular flexibility index (Phi) is 5.67. The molecule has 0 unspecified atom stereocenters. The number of hydrogen-bond donors (Lipinski definition) is 1. The fraction of sp³-hybridized carbons (Fsp3) is 0.562. The summed E-state index contributed by atoms with van der Waals surface area (Å²) in [7, 11) is 0. The predicted molar refractivity (Wildman–Crippen MR) is 76.0 cm³/mol. The van der Waals surface area contributed by atoms with Crippen LogP contribution in [0.2, 0.25) is 0 Å². The van der Waals surface area contributed by atoms with E-state index in [1.165, 1.54) is 6.07 Å². The number of halogens is 2. The zero-order valence-electron chi connectivity index (χ0n) is 12.2. The number of carbonyl (C=O) groups is 1. The summed E-state index contributed by atoms with van der Waals surface area (Å²) in [6.07, 6.45) is 3.48. The number of nitrogens with one attached hydrogen (secondary N) is 1. The Hall–Kier alpha value is -1.49. The van der Waals surface area contributed by atoms with E-state index in [9.17, 15) is 13.6 Å². The maximum absolute atomic E-state index is 13.2. The Morgan fingerprint density at radius 2 is 2.24 bits per heavy atom. The van der Waals surface area contributed by atoms with Gasteiger partial charge in [-0.2, -0.15) is 0 Å². The maximum Gasteiger partial charge on any atom is 0.220 e. The van der Waals surface area contributed by atoms with E-state index in [1.54, 1.807) is 6.07 Å². The second-order valence-corrected chi connectivity index (χ2v) is 5.55. The third-order valence-corrected chi connectivity index (χ3v) is 3.84. The molecule has 2 rings (SSSR count). The van der Waals surface area contributed by atoms with Crippen LogP contribution in [0.1, 0.15) is 44.1 Å². The molecule has 0 saturated carbocycles. The van der Waals surface area contributed by atoms with Gasteiger partial charge >= 0.3 is 0 Å². The molecule has 1 aromatic carbocycles. The number of carbonyl (C=O) groups excluding carboxylic acids is 1. The Labute approximate surface area is 123 Å². The van der Waals surface area contributed by atoms with Crippen LogP contribution in [0.5, 0.6) is 0 Å². The number of hydrogen-bond acceptors (Lipinski definition) is 2. The highest BCUT2D eigenvalue weighted by Gasteiger charge is 2.17. The Bertz CT molecular complexity index is 487. The van der Waals surface area contributed by atoms with E-state index < -0.39 is 11.6 Å². The molecule has 0 radical (unpaired) electrons. The van der Waals surface area contributed by atoms with E-state index in [0.717, 1.165) is 31.9 Å². The third-order valence-electron chi connectivity index (χ3n) is 3.84. The lowest BCUT2D eigenvalue weighted by atomic mass is 10.0. The zero-order valence-corrected chi connectivity index (χ0v) is 12.2. The first-order valence-corrected chi connectivity index (χ1v) is 7.39. The highest BCUT2D eigenvalue weighted by Crippen LogP contribution is 2.18. The molecule has 5 heteroatoms. The molecule has 1 aromatic rings. The van der Waals surface area contributed by atoms with Crippen molar-refractivity contribution in [3.8, 4) is 0 Å². The third kappa shape index (κ3) is 4.77. The monoisotopic (exact) mass is 297 g/mol. The van der Waals surface area contributed by atoms with Crippen molar-refractivity contribution in [1.29, 1.82) is 0 Å². The summed E-state index contributed by atoms with van der Waals surface area (Å²) in [5.41, 5.74) is 0.674. The van der Waals surface area contributed by atoms with Gasteiger partial charge in [-0.3, -0.25) is 4.79 Å². The summed E-state index contributed by atoms with van der Waals surface area (Å²) in [4.78, 5) is 11.8. The SMILES string of the molecule is C[C@H](CNC(=O)CC[C@H]1CCCO1)c1ccc(F)c(F)c1. The number of rotatable bonds is 6. The Morgan fingerprint density at radius 3 is 2.90 bits per heavy atom. The lowest BCUT2D eigenvalue weighted by Gasteiger charge is -2.14. The second-order valence-electron chi connectivity index (χ2n) is 5.55.